The second kappa shape index (κ2) is 17.0. The molecule has 0 spiro atoms. The van der Waals surface area contributed by atoms with Gasteiger partial charge in [0.2, 0.25) is 0 Å². The number of para-hydroxylation sites is 2. The molecule has 2 heterocycles. The Kier molecular flexibility index (Phi) is 11.4. The average Bonchev–Trinajstić information content (AvgIpc) is 3.72. The van der Waals surface area contributed by atoms with E-state index in [2.05, 4.69) is 132 Å². The maximum Gasteiger partial charge on any atom is 0.150 e. The van der Waals surface area contributed by atoms with Gasteiger partial charge in [0.1, 0.15) is 12.6 Å². The first-order valence-corrected chi connectivity index (χ1v) is 19.1. The Morgan fingerprint density at radius 1 is 0.389 bits per heavy atom. The summed E-state index contributed by atoms with van der Waals surface area (Å²) in [6, 6.07) is 46.0. The smallest absolute Gasteiger partial charge is 0.150 e. The molecule has 8 rings (SSSR count). The minimum atomic E-state index is 0.702. The van der Waals surface area contributed by atoms with E-state index in [9.17, 15) is 9.59 Å². The molecule has 0 saturated carbocycles. The molecule has 0 N–H and O–H groups in total. The molecule has 0 atom stereocenters. The largest absolute Gasteiger partial charge is 0.340 e. The predicted molar refractivity (Wildman–Crippen MR) is 230 cm³/mol. The van der Waals surface area contributed by atoms with E-state index in [1.807, 2.05) is 48.5 Å². The first kappa shape index (κ1) is 36.1. The number of hydrogen-bond donors (Lipinski definition) is 0. The second-order valence-electron chi connectivity index (χ2n) is 13.8. The number of carbonyl (C=O) groups is 2. The highest BCUT2D eigenvalue weighted by Gasteiger charge is 2.11. The summed E-state index contributed by atoms with van der Waals surface area (Å²) in [5, 5.41) is 5.24. The highest BCUT2D eigenvalue weighted by molar-refractivity contribution is 6.09. The highest BCUT2D eigenvalue weighted by Crippen LogP contribution is 2.32. The average molecular weight is 707 g/mol. The van der Waals surface area contributed by atoms with Crippen LogP contribution in [0.15, 0.2) is 133 Å². The number of aromatic nitrogens is 2. The molecule has 0 aliphatic heterocycles. The molecular weight excluding hydrogens is 661 g/mol. The van der Waals surface area contributed by atoms with E-state index in [-0.39, 0.29) is 0 Å². The lowest BCUT2D eigenvalue weighted by molar-refractivity contribution is 0.111. The Labute approximate surface area is 317 Å². The molecule has 0 bridgehead atoms. The van der Waals surface area contributed by atoms with Crippen LogP contribution in [0.2, 0.25) is 0 Å². The number of carbonyl (C=O) groups excluding carboxylic acids is 2. The van der Waals surface area contributed by atoms with Crippen LogP contribution in [0.5, 0.6) is 0 Å². The molecule has 2 aromatic heterocycles. The van der Waals surface area contributed by atoms with Gasteiger partial charge in [-0.3, -0.25) is 9.59 Å². The van der Waals surface area contributed by atoms with Crippen LogP contribution < -0.4 is 0 Å². The minimum Gasteiger partial charge on any atom is -0.340 e. The van der Waals surface area contributed by atoms with Crippen molar-refractivity contribution in [2.24, 2.45) is 0 Å². The van der Waals surface area contributed by atoms with Gasteiger partial charge in [-0.25, -0.2) is 0 Å². The van der Waals surface area contributed by atoms with Crippen molar-refractivity contribution in [1.29, 1.82) is 0 Å². The number of aryl methyl sites for hydroxylation is 2. The SMILES string of the molecule is CCCCn1c2ccccc2c2cc(/C=C/c3ccc(C=O)cc3)ccc21.CCCCn1c2ccccc2c2cc(/C=C/c3ccc(C=O)cc3)ccc21. The molecular formula is C50H46N2O2. The molecule has 0 saturated heterocycles. The van der Waals surface area contributed by atoms with Crippen LogP contribution in [-0.2, 0) is 13.1 Å². The molecule has 0 aliphatic carbocycles. The third-order valence-electron chi connectivity index (χ3n) is 10.1. The molecule has 0 radical (unpaired) electrons. The van der Waals surface area contributed by atoms with Gasteiger partial charge in [-0.15, -0.1) is 0 Å². The number of rotatable bonds is 12. The molecule has 6 aromatic carbocycles. The molecule has 268 valence electrons. The van der Waals surface area contributed by atoms with Crippen molar-refractivity contribution in [2.75, 3.05) is 0 Å². The van der Waals surface area contributed by atoms with Crippen LogP contribution in [0.25, 0.3) is 67.9 Å². The third kappa shape index (κ3) is 7.89. The molecule has 54 heavy (non-hydrogen) atoms. The van der Waals surface area contributed by atoms with E-state index in [4.69, 9.17) is 0 Å². The fourth-order valence-corrected chi connectivity index (χ4v) is 7.22. The fourth-order valence-electron chi connectivity index (χ4n) is 7.22. The molecule has 0 unspecified atom stereocenters. The highest BCUT2D eigenvalue weighted by atomic mass is 16.1. The van der Waals surface area contributed by atoms with Crippen LogP contribution in [0.1, 0.15) is 82.5 Å². The molecule has 0 aliphatic rings. The Balaban J connectivity index is 0.000000167. The maximum atomic E-state index is 10.8. The molecule has 0 fully saturated rings. The molecule has 8 aromatic rings. The normalized spacial score (nSPS) is 11.6. The topological polar surface area (TPSA) is 44.0 Å². The van der Waals surface area contributed by atoms with Crippen molar-refractivity contribution in [1.82, 2.24) is 9.13 Å². The zero-order valence-electron chi connectivity index (χ0n) is 31.1. The van der Waals surface area contributed by atoms with Gasteiger partial charge in [-0.2, -0.15) is 0 Å². The lowest BCUT2D eigenvalue weighted by Crippen LogP contribution is -1.96. The summed E-state index contributed by atoms with van der Waals surface area (Å²) in [7, 11) is 0. The van der Waals surface area contributed by atoms with Gasteiger partial charge < -0.3 is 9.13 Å². The summed E-state index contributed by atoms with van der Waals surface area (Å²) in [4.78, 5) is 21.6. The first-order chi connectivity index (χ1) is 26.6. The van der Waals surface area contributed by atoms with Gasteiger partial charge in [0.25, 0.3) is 0 Å². The van der Waals surface area contributed by atoms with Crippen molar-refractivity contribution in [3.8, 4) is 0 Å². The number of hydrogen-bond acceptors (Lipinski definition) is 2. The van der Waals surface area contributed by atoms with Crippen LogP contribution in [-0.4, -0.2) is 21.7 Å². The van der Waals surface area contributed by atoms with Crippen molar-refractivity contribution < 1.29 is 9.59 Å². The Morgan fingerprint density at radius 2 is 0.722 bits per heavy atom. The van der Waals surface area contributed by atoms with Gasteiger partial charge in [0.15, 0.2) is 0 Å². The second-order valence-corrected chi connectivity index (χ2v) is 13.8. The first-order valence-electron chi connectivity index (χ1n) is 19.1. The van der Waals surface area contributed by atoms with Crippen LogP contribution >= 0.6 is 0 Å². The number of aldehydes is 2. The lowest BCUT2D eigenvalue weighted by Gasteiger charge is -2.06. The minimum absolute atomic E-state index is 0.702. The number of benzene rings is 6. The third-order valence-corrected chi connectivity index (χ3v) is 10.1. The van der Waals surface area contributed by atoms with E-state index >= 15 is 0 Å². The van der Waals surface area contributed by atoms with Crippen molar-refractivity contribution in [3.63, 3.8) is 0 Å². The van der Waals surface area contributed by atoms with Gasteiger partial charge in [-0.1, -0.05) is 148 Å². The number of nitrogens with zero attached hydrogens (tertiary/aromatic N) is 2. The summed E-state index contributed by atoms with van der Waals surface area (Å²) in [5.41, 5.74) is 11.2. The molecule has 4 nitrogen and oxygen atoms in total. The van der Waals surface area contributed by atoms with Crippen LogP contribution in [0.3, 0.4) is 0 Å². The van der Waals surface area contributed by atoms with E-state index in [1.54, 1.807) is 0 Å². The summed E-state index contributed by atoms with van der Waals surface area (Å²) in [6.07, 6.45) is 14.9. The summed E-state index contributed by atoms with van der Waals surface area (Å²) >= 11 is 0. The van der Waals surface area contributed by atoms with Gasteiger partial charge in [0.05, 0.1) is 0 Å². The standard InChI is InChI=1S/2C25H23NO/c2*1-2-3-16-26-24-7-5-4-6-22(24)23-17-20(14-15-25(23)26)11-8-19-9-12-21(18-27)13-10-19/h2*4-15,17-18H,2-3,16H2,1H3/b2*11-8+. The Morgan fingerprint density at radius 3 is 1.11 bits per heavy atom. The van der Waals surface area contributed by atoms with Crippen LogP contribution in [0.4, 0.5) is 0 Å². The van der Waals surface area contributed by atoms with E-state index in [1.165, 1.54) is 80.4 Å². The Bertz CT molecular complexity index is 2420. The van der Waals surface area contributed by atoms with E-state index in [0.29, 0.717) is 11.1 Å². The fraction of sp³-hybridized carbons (Fsp3) is 0.160. The lowest BCUT2D eigenvalue weighted by atomic mass is 10.1. The van der Waals surface area contributed by atoms with Gasteiger partial charge >= 0.3 is 0 Å². The molecule has 0 amide bonds. The quantitative estimate of drug-likeness (QED) is 0.0938. The van der Waals surface area contributed by atoms with Crippen molar-refractivity contribution in [2.45, 2.75) is 52.6 Å². The van der Waals surface area contributed by atoms with E-state index < -0.39 is 0 Å². The summed E-state index contributed by atoms with van der Waals surface area (Å²) < 4.78 is 4.89. The summed E-state index contributed by atoms with van der Waals surface area (Å²) in [5.74, 6) is 0. The zero-order chi connectivity index (χ0) is 37.3. The maximum absolute atomic E-state index is 10.8. The Hall–Kier alpha value is -6.26. The van der Waals surface area contributed by atoms with Crippen LogP contribution in [0, 0.1) is 0 Å². The monoisotopic (exact) mass is 706 g/mol. The van der Waals surface area contributed by atoms with E-state index in [0.717, 1.165) is 36.8 Å². The number of fused-ring (bicyclic) bond motifs is 6. The van der Waals surface area contributed by atoms with Gasteiger partial charge in [-0.05, 0) is 71.5 Å². The molecule has 4 heteroatoms. The summed E-state index contributed by atoms with van der Waals surface area (Å²) in [6.45, 7) is 6.58. The van der Waals surface area contributed by atoms with Gasteiger partial charge in [0, 0.05) is 67.8 Å². The van der Waals surface area contributed by atoms with Crippen molar-refractivity contribution >= 4 is 80.5 Å². The zero-order valence-corrected chi connectivity index (χ0v) is 31.1. The van der Waals surface area contributed by atoms with Crippen molar-refractivity contribution in [3.05, 3.63) is 167 Å². The number of unbranched alkanes of at least 4 members (excludes halogenated alkanes) is 2. The predicted octanol–water partition coefficient (Wildman–Crippen LogP) is 13.2.